The van der Waals surface area contributed by atoms with Crippen LogP contribution in [0.15, 0.2) is 34.9 Å². The van der Waals surface area contributed by atoms with Crippen LogP contribution in [0.1, 0.15) is 47.5 Å². The lowest BCUT2D eigenvalue weighted by Gasteiger charge is -2.01. The molecular weight excluding hydrogens is 194 g/mol. The van der Waals surface area contributed by atoms with E-state index in [4.69, 9.17) is 5.26 Å². The van der Waals surface area contributed by atoms with E-state index in [-0.39, 0.29) is 0 Å². The predicted molar refractivity (Wildman–Crippen MR) is 71.0 cm³/mol. The highest BCUT2D eigenvalue weighted by Crippen LogP contribution is 2.11. The Bertz CT molecular complexity index is 331. The van der Waals surface area contributed by atoms with Gasteiger partial charge < -0.3 is 0 Å². The van der Waals surface area contributed by atoms with Gasteiger partial charge in [-0.15, -0.1) is 0 Å². The molecule has 1 nitrogen and oxygen atoms in total. The maximum atomic E-state index is 8.90. The van der Waals surface area contributed by atoms with Gasteiger partial charge in [0.25, 0.3) is 0 Å². The Morgan fingerprint density at radius 2 is 1.81 bits per heavy atom. The van der Waals surface area contributed by atoms with Crippen molar-refractivity contribution in [1.29, 1.82) is 5.26 Å². The number of rotatable bonds is 5. The minimum absolute atomic E-state index is 0.312. The summed E-state index contributed by atoms with van der Waals surface area (Å²) in [7, 11) is 0. The molecule has 0 saturated carbocycles. The Morgan fingerprint density at radius 3 is 2.25 bits per heavy atom. The molecule has 1 heteroatoms. The van der Waals surface area contributed by atoms with E-state index in [9.17, 15) is 0 Å². The molecule has 0 amide bonds. The van der Waals surface area contributed by atoms with Gasteiger partial charge in [0, 0.05) is 5.57 Å². The highest BCUT2D eigenvalue weighted by atomic mass is 14.2. The van der Waals surface area contributed by atoms with Crippen molar-refractivity contribution >= 4 is 0 Å². The van der Waals surface area contributed by atoms with E-state index in [0.717, 1.165) is 18.4 Å². The summed E-state index contributed by atoms with van der Waals surface area (Å²) in [5, 5.41) is 8.90. The SMILES string of the molecule is CC(C)=CCCC(C)=CC=C(C#N)C(C)C. The van der Waals surface area contributed by atoms with Crippen LogP contribution in [-0.2, 0) is 0 Å². The number of hydrogen-bond donors (Lipinski definition) is 0. The summed E-state index contributed by atoms with van der Waals surface area (Å²) in [6, 6.07) is 2.24. The fourth-order valence-corrected chi connectivity index (χ4v) is 1.26. The zero-order valence-electron chi connectivity index (χ0n) is 11.2. The average Bonchev–Trinajstić information content (AvgIpc) is 2.17. The fourth-order valence-electron chi connectivity index (χ4n) is 1.26. The van der Waals surface area contributed by atoms with Gasteiger partial charge in [-0.2, -0.15) is 5.26 Å². The Kier molecular flexibility index (Phi) is 7.29. The molecule has 88 valence electrons. The van der Waals surface area contributed by atoms with Gasteiger partial charge in [0.05, 0.1) is 6.07 Å². The van der Waals surface area contributed by atoms with Crippen molar-refractivity contribution in [3.05, 3.63) is 34.9 Å². The van der Waals surface area contributed by atoms with Crippen LogP contribution >= 0.6 is 0 Å². The third-order valence-electron chi connectivity index (χ3n) is 2.39. The zero-order chi connectivity index (χ0) is 12.6. The number of allylic oxidation sites excluding steroid dienone is 6. The number of nitrogens with zero attached hydrogens (tertiary/aromatic N) is 1. The summed E-state index contributed by atoms with van der Waals surface area (Å²) in [6.07, 6.45) is 8.41. The molecule has 0 saturated heterocycles. The van der Waals surface area contributed by atoms with E-state index in [2.05, 4.69) is 39.0 Å². The Morgan fingerprint density at radius 1 is 1.19 bits per heavy atom. The van der Waals surface area contributed by atoms with Gasteiger partial charge in [-0.05, 0) is 45.6 Å². The molecule has 0 fully saturated rings. The van der Waals surface area contributed by atoms with Gasteiger partial charge in [-0.3, -0.25) is 0 Å². The second-order valence-corrected chi connectivity index (χ2v) is 4.72. The minimum atomic E-state index is 0.312. The molecule has 0 N–H and O–H groups in total. The van der Waals surface area contributed by atoms with Crippen molar-refractivity contribution < 1.29 is 0 Å². The van der Waals surface area contributed by atoms with E-state index in [1.165, 1.54) is 11.1 Å². The Hall–Kier alpha value is -1.29. The summed E-state index contributed by atoms with van der Waals surface area (Å²) in [4.78, 5) is 0. The van der Waals surface area contributed by atoms with Crippen LogP contribution in [0.4, 0.5) is 0 Å². The lowest BCUT2D eigenvalue weighted by molar-refractivity contribution is 0.795. The second-order valence-electron chi connectivity index (χ2n) is 4.72. The number of hydrogen-bond acceptors (Lipinski definition) is 1. The van der Waals surface area contributed by atoms with E-state index in [1.54, 1.807) is 0 Å². The van der Waals surface area contributed by atoms with Gasteiger partial charge in [0.2, 0.25) is 0 Å². The fraction of sp³-hybridized carbons (Fsp3) is 0.533. The summed E-state index contributed by atoms with van der Waals surface area (Å²) in [5.41, 5.74) is 3.54. The molecule has 16 heavy (non-hydrogen) atoms. The molecule has 0 aromatic rings. The van der Waals surface area contributed by atoms with E-state index < -0.39 is 0 Å². The third-order valence-corrected chi connectivity index (χ3v) is 2.39. The molecular formula is C15H23N. The van der Waals surface area contributed by atoms with Crippen LogP contribution in [0.2, 0.25) is 0 Å². The smallest absolute Gasteiger partial charge is 0.0949 e. The van der Waals surface area contributed by atoms with Crippen molar-refractivity contribution in [1.82, 2.24) is 0 Å². The first-order valence-corrected chi connectivity index (χ1v) is 5.88. The predicted octanol–water partition coefficient (Wildman–Crippen LogP) is 4.79. The van der Waals surface area contributed by atoms with Crippen LogP contribution in [0.3, 0.4) is 0 Å². The first-order valence-electron chi connectivity index (χ1n) is 5.88. The van der Waals surface area contributed by atoms with Crippen molar-refractivity contribution in [2.45, 2.75) is 47.5 Å². The second kappa shape index (κ2) is 7.93. The van der Waals surface area contributed by atoms with Crippen molar-refractivity contribution in [3.63, 3.8) is 0 Å². The van der Waals surface area contributed by atoms with E-state index >= 15 is 0 Å². The topological polar surface area (TPSA) is 23.8 Å². The van der Waals surface area contributed by atoms with Gasteiger partial charge >= 0.3 is 0 Å². The first-order chi connectivity index (χ1) is 7.47. The average molecular weight is 217 g/mol. The van der Waals surface area contributed by atoms with Crippen LogP contribution in [0, 0.1) is 17.2 Å². The Labute approximate surface area is 100 Å². The molecule has 0 bridgehead atoms. The summed E-state index contributed by atoms with van der Waals surface area (Å²) >= 11 is 0. The van der Waals surface area contributed by atoms with Crippen LogP contribution < -0.4 is 0 Å². The molecule has 0 aliphatic heterocycles. The normalized spacial score (nSPS) is 12.6. The third kappa shape index (κ3) is 7.06. The van der Waals surface area contributed by atoms with Gasteiger partial charge in [-0.25, -0.2) is 0 Å². The van der Waals surface area contributed by atoms with Crippen molar-refractivity contribution in [2.75, 3.05) is 0 Å². The molecule has 0 unspecified atom stereocenters. The largest absolute Gasteiger partial charge is 0.193 e. The maximum absolute atomic E-state index is 8.90. The molecule has 0 aliphatic rings. The summed E-state index contributed by atoms with van der Waals surface area (Å²) in [5.74, 6) is 0.312. The molecule has 0 aromatic carbocycles. The summed E-state index contributed by atoms with van der Waals surface area (Å²) in [6.45, 7) is 10.4. The quantitative estimate of drug-likeness (QED) is 0.369. The molecule has 0 atom stereocenters. The molecule has 0 rings (SSSR count). The lowest BCUT2D eigenvalue weighted by atomic mass is 10.0. The molecule has 0 heterocycles. The van der Waals surface area contributed by atoms with Crippen LogP contribution in [0.25, 0.3) is 0 Å². The highest BCUT2D eigenvalue weighted by molar-refractivity contribution is 5.28. The van der Waals surface area contributed by atoms with Crippen molar-refractivity contribution in [3.8, 4) is 6.07 Å². The Balaban J connectivity index is 4.34. The molecule has 0 aromatic heterocycles. The standard InChI is InChI=1S/C15H23N/c1-12(2)7-6-8-14(5)9-10-15(11-16)13(3)4/h7,9-10,13H,6,8H2,1-5H3. The summed E-state index contributed by atoms with van der Waals surface area (Å²) < 4.78 is 0. The van der Waals surface area contributed by atoms with Gasteiger partial charge in [0.15, 0.2) is 0 Å². The molecule has 0 spiro atoms. The van der Waals surface area contributed by atoms with Gasteiger partial charge in [0.1, 0.15) is 0 Å². The van der Waals surface area contributed by atoms with Crippen molar-refractivity contribution in [2.24, 2.45) is 5.92 Å². The lowest BCUT2D eigenvalue weighted by Crippen LogP contribution is -1.89. The van der Waals surface area contributed by atoms with Crippen LogP contribution in [-0.4, -0.2) is 0 Å². The molecule has 0 radical (unpaired) electrons. The van der Waals surface area contributed by atoms with Crippen LogP contribution in [0.5, 0.6) is 0 Å². The zero-order valence-corrected chi connectivity index (χ0v) is 11.2. The number of nitriles is 1. The monoisotopic (exact) mass is 217 g/mol. The highest BCUT2D eigenvalue weighted by Gasteiger charge is 1.99. The maximum Gasteiger partial charge on any atom is 0.0949 e. The minimum Gasteiger partial charge on any atom is -0.193 e. The van der Waals surface area contributed by atoms with E-state index in [0.29, 0.717) is 5.92 Å². The molecule has 0 aliphatic carbocycles. The van der Waals surface area contributed by atoms with Gasteiger partial charge in [-0.1, -0.05) is 37.1 Å². The first kappa shape index (κ1) is 14.7. The van der Waals surface area contributed by atoms with E-state index in [1.807, 2.05) is 19.9 Å².